The van der Waals surface area contributed by atoms with Gasteiger partial charge < -0.3 is 5.73 Å². The Morgan fingerprint density at radius 2 is 2.29 bits per heavy atom. The molecule has 0 aliphatic heterocycles. The van der Waals surface area contributed by atoms with Gasteiger partial charge in [-0.2, -0.15) is 5.26 Å². The molecule has 0 saturated carbocycles. The van der Waals surface area contributed by atoms with Crippen molar-refractivity contribution in [2.45, 2.75) is 13.0 Å². The summed E-state index contributed by atoms with van der Waals surface area (Å²) in [6.07, 6.45) is 2.43. The molecule has 1 amide bonds. The van der Waals surface area contributed by atoms with Crippen LogP contribution in [0.2, 0.25) is 0 Å². The number of amides is 1. The Balaban J connectivity index is 4.72. The predicted molar refractivity (Wildman–Crippen MR) is 48.3 cm³/mol. The predicted octanol–water partition coefficient (Wildman–Crippen LogP) is -0.983. The van der Waals surface area contributed by atoms with Gasteiger partial charge in [-0.3, -0.25) is 15.0 Å². The van der Waals surface area contributed by atoms with Crippen LogP contribution in [0.1, 0.15) is 6.92 Å². The summed E-state index contributed by atoms with van der Waals surface area (Å²) in [4.78, 5) is 22.9. The molecule has 0 aromatic heterocycles. The maximum absolute atomic E-state index is 11.1. The molecule has 0 aliphatic carbocycles. The third-order valence-electron chi connectivity index (χ3n) is 1.56. The standard InChI is InChI=1S/C8H10N4O2/c1-6(7(13)2-3-9)12(5-11)8(14)4-10/h2,6,9H,4,10H2,1H3. The van der Waals surface area contributed by atoms with Crippen LogP contribution in [-0.2, 0) is 9.59 Å². The summed E-state index contributed by atoms with van der Waals surface area (Å²) >= 11 is 0. The van der Waals surface area contributed by atoms with Crippen LogP contribution in [0.5, 0.6) is 0 Å². The normalized spacial score (nSPS) is 10.6. The summed E-state index contributed by atoms with van der Waals surface area (Å²) in [5.74, 6) is 0.610. The molecule has 74 valence electrons. The van der Waals surface area contributed by atoms with E-state index in [1.165, 1.54) is 6.92 Å². The highest BCUT2D eigenvalue weighted by Gasteiger charge is 2.23. The van der Waals surface area contributed by atoms with Crippen LogP contribution in [0.15, 0.2) is 6.08 Å². The third kappa shape index (κ3) is 2.83. The Bertz CT molecular complexity index is 325. The van der Waals surface area contributed by atoms with Crippen LogP contribution >= 0.6 is 0 Å². The van der Waals surface area contributed by atoms with Gasteiger partial charge in [0.2, 0.25) is 5.91 Å². The molecule has 0 spiro atoms. The van der Waals surface area contributed by atoms with Crippen molar-refractivity contribution in [3.8, 4) is 6.19 Å². The van der Waals surface area contributed by atoms with Gasteiger partial charge in [0, 0.05) is 6.08 Å². The molecule has 0 bridgehead atoms. The number of rotatable bonds is 4. The van der Waals surface area contributed by atoms with Gasteiger partial charge in [0.05, 0.1) is 6.54 Å². The minimum Gasteiger partial charge on any atom is -0.322 e. The number of nitrogens with zero attached hydrogens (tertiary/aromatic N) is 2. The van der Waals surface area contributed by atoms with Crippen molar-refractivity contribution < 1.29 is 9.59 Å². The van der Waals surface area contributed by atoms with E-state index in [2.05, 4.69) is 0 Å². The quantitative estimate of drug-likeness (QED) is 0.259. The molecule has 0 aromatic rings. The molecule has 3 N–H and O–H groups in total. The van der Waals surface area contributed by atoms with E-state index in [0.717, 1.165) is 6.08 Å². The molecule has 1 unspecified atom stereocenters. The van der Waals surface area contributed by atoms with Crippen molar-refractivity contribution in [2.24, 2.45) is 5.73 Å². The van der Waals surface area contributed by atoms with Crippen molar-refractivity contribution in [3.05, 3.63) is 6.08 Å². The number of nitrogens with one attached hydrogen (secondary N) is 1. The molecule has 0 radical (unpaired) electrons. The molecule has 0 rings (SSSR count). The van der Waals surface area contributed by atoms with E-state index in [1.807, 2.05) is 0 Å². The lowest BCUT2D eigenvalue weighted by molar-refractivity contribution is -0.132. The first-order valence-corrected chi connectivity index (χ1v) is 3.79. The maximum atomic E-state index is 11.1. The number of hydrogen-bond donors (Lipinski definition) is 2. The summed E-state index contributed by atoms with van der Waals surface area (Å²) in [5.41, 5.74) is 5.04. The zero-order valence-electron chi connectivity index (χ0n) is 7.65. The molecule has 6 nitrogen and oxygen atoms in total. The average molecular weight is 194 g/mol. The smallest absolute Gasteiger partial charge is 0.249 e. The zero-order valence-corrected chi connectivity index (χ0v) is 7.65. The van der Waals surface area contributed by atoms with Gasteiger partial charge in [-0.25, -0.2) is 4.90 Å². The summed E-state index contributed by atoms with van der Waals surface area (Å²) in [7, 11) is 0. The number of hydrogen-bond acceptors (Lipinski definition) is 5. The van der Waals surface area contributed by atoms with Gasteiger partial charge in [-0.05, 0) is 12.8 Å². The summed E-state index contributed by atoms with van der Waals surface area (Å²) in [6, 6.07) is -0.936. The van der Waals surface area contributed by atoms with Crippen molar-refractivity contribution in [1.82, 2.24) is 4.90 Å². The number of nitriles is 1. The molecule has 0 saturated heterocycles. The lowest BCUT2D eigenvalue weighted by Gasteiger charge is -2.17. The summed E-state index contributed by atoms with van der Waals surface area (Å²) in [6.45, 7) is 1.05. The lowest BCUT2D eigenvalue weighted by atomic mass is 10.2. The minimum atomic E-state index is -0.936. The largest absolute Gasteiger partial charge is 0.322 e. The summed E-state index contributed by atoms with van der Waals surface area (Å²) < 4.78 is 0. The minimum absolute atomic E-state index is 0.334. The Kier molecular flexibility index (Phi) is 4.86. The fraction of sp³-hybridized carbons (Fsp3) is 0.375. The second kappa shape index (κ2) is 5.65. The first-order chi connectivity index (χ1) is 6.58. The van der Waals surface area contributed by atoms with E-state index < -0.39 is 17.7 Å². The molecule has 0 aliphatic rings. The molecular weight excluding hydrogens is 184 g/mol. The Morgan fingerprint density at radius 1 is 1.71 bits per heavy atom. The molecule has 0 heterocycles. The third-order valence-corrected chi connectivity index (χ3v) is 1.56. The highest BCUT2D eigenvalue weighted by Crippen LogP contribution is 1.99. The van der Waals surface area contributed by atoms with E-state index in [4.69, 9.17) is 16.4 Å². The van der Waals surface area contributed by atoms with E-state index in [0.29, 0.717) is 4.90 Å². The fourth-order valence-electron chi connectivity index (χ4n) is 0.776. The van der Waals surface area contributed by atoms with Crippen molar-refractivity contribution in [2.75, 3.05) is 6.54 Å². The van der Waals surface area contributed by atoms with Gasteiger partial charge in [0.15, 0.2) is 12.0 Å². The van der Waals surface area contributed by atoms with Crippen molar-refractivity contribution >= 4 is 17.6 Å². The van der Waals surface area contributed by atoms with E-state index in [9.17, 15) is 9.59 Å². The Morgan fingerprint density at radius 3 is 2.64 bits per heavy atom. The number of ketones is 1. The second-order valence-corrected chi connectivity index (χ2v) is 2.43. The van der Waals surface area contributed by atoms with Crippen LogP contribution < -0.4 is 5.73 Å². The zero-order chi connectivity index (χ0) is 11.1. The van der Waals surface area contributed by atoms with Crippen LogP contribution in [-0.4, -0.2) is 35.0 Å². The lowest BCUT2D eigenvalue weighted by Crippen LogP contribution is -2.42. The van der Waals surface area contributed by atoms with Crippen molar-refractivity contribution in [3.63, 3.8) is 0 Å². The van der Waals surface area contributed by atoms with Gasteiger partial charge in [0.1, 0.15) is 6.04 Å². The number of carbonyl (C=O) groups excluding carboxylic acids is 2. The molecule has 6 heteroatoms. The monoisotopic (exact) mass is 194 g/mol. The van der Waals surface area contributed by atoms with E-state index >= 15 is 0 Å². The van der Waals surface area contributed by atoms with Crippen LogP contribution in [0.3, 0.4) is 0 Å². The second-order valence-electron chi connectivity index (χ2n) is 2.43. The van der Waals surface area contributed by atoms with Gasteiger partial charge in [-0.1, -0.05) is 0 Å². The molecular formula is C8H10N4O2. The van der Waals surface area contributed by atoms with Crippen molar-refractivity contribution in [1.29, 1.82) is 10.7 Å². The highest BCUT2D eigenvalue weighted by molar-refractivity contribution is 6.01. The van der Waals surface area contributed by atoms with Gasteiger partial charge >= 0.3 is 0 Å². The topological polar surface area (TPSA) is 111 Å². The van der Waals surface area contributed by atoms with Crippen LogP contribution in [0, 0.1) is 16.9 Å². The van der Waals surface area contributed by atoms with E-state index in [-0.39, 0.29) is 6.54 Å². The van der Waals surface area contributed by atoms with Crippen LogP contribution in [0.25, 0.3) is 0 Å². The van der Waals surface area contributed by atoms with Gasteiger partial charge in [0.25, 0.3) is 0 Å². The molecule has 0 fully saturated rings. The molecule has 0 aromatic carbocycles. The highest BCUT2D eigenvalue weighted by atomic mass is 16.2. The molecule has 1 atom stereocenters. The molecule has 14 heavy (non-hydrogen) atoms. The Labute approximate surface area is 81.1 Å². The number of nitrogens with two attached hydrogens (primary N) is 1. The maximum Gasteiger partial charge on any atom is 0.249 e. The summed E-state index contributed by atoms with van der Waals surface area (Å²) in [5, 5.41) is 15.1. The van der Waals surface area contributed by atoms with E-state index in [1.54, 1.807) is 12.1 Å². The Hall–Kier alpha value is -1.96. The average Bonchev–Trinajstić information content (AvgIpc) is 2.18. The first kappa shape index (κ1) is 12.0. The fourth-order valence-corrected chi connectivity index (χ4v) is 0.776. The number of carbonyl (C=O) groups is 2. The van der Waals surface area contributed by atoms with Crippen LogP contribution in [0.4, 0.5) is 0 Å². The first-order valence-electron chi connectivity index (χ1n) is 3.79. The van der Waals surface area contributed by atoms with Gasteiger partial charge in [-0.15, -0.1) is 0 Å². The SMILES string of the molecule is CC(C(=O)C=C=N)N(C#N)C(=O)CN.